The molecule has 0 unspecified atom stereocenters. The summed E-state index contributed by atoms with van der Waals surface area (Å²) in [4.78, 5) is 37.1. The second kappa shape index (κ2) is 8.98. The number of rotatable bonds is 6. The summed E-state index contributed by atoms with van der Waals surface area (Å²) in [6.45, 7) is 7.50. The highest BCUT2D eigenvalue weighted by atomic mass is 16.2. The van der Waals surface area contributed by atoms with E-state index in [0.717, 1.165) is 11.1 Å². The van der Waals surface area contributed by atoms with Crippen LogP contribution in [-0.2, 0) is 9.59 Å². The van der Waals surface area contributed by atoms with Crippen molar-refractivity contribution in [3.05, 3.63) is 59.2 Å². The summed E-state index contributed by atoms with van der Waals surface area (Å²) in [5.74, 6) is -0.494. The average molecular weight is 367 g/mol. The lowest BCUT2D eigenvalue weighted by Crippen LogP contribution is -2.37. The van der Waals surface area contributed by atoms with Gasteiger partial charge in [0.05, 0.1) is 0 Å². The summed E-state index contributed by atoms with van der Waals surface area (Å²) in [5, 5.41) is 5.54. The first-order valence-corrected chi connectivity index (χ1v) is 8.79. The highest BCUT2D eigenvalue weighted by molar-refractivity contribution is 5.95. The maximum atomic E-state index is 12.3. The van der Waals surface area contributed by atoms with Crippen LogP contribution in [0.2, 0.25) is 0 Å². The molecule has 0 aliphatic rings. The molecule has 142 valence electrons. The van der Waals surface area contributed by atoms with Crippen molar-refractivity contribution >= 4 is 29.1 Å². The topological polar surface area (TPSA) is 78.5 Å². The predicted molar refractivity (Wildman–Crippen MR) is 107 cm³/mol. The van der Waals surface area contributed by atoms with Gasteiger partial charge in [-0.25, -0.2) is 0 Å². The van der Waals surface area contributed by atoms with Gasteiger partial charge in [-0.3, -0.25) is 14.4 Å². The minimum Gasteiger partial charge on any atom is -0.350 e. The van der Waals surface area contributed by atoms with Crippen LogP contribution >= 0.6 is 0 Å². The van der Waals surface area contributed by atoms with Crippen LogP contribution in [0.3, 0.4) is 0 Å². The molecular weight excluding hydrogens is 342 g/mol. The number of benzene rings is 2. The number of amides is 3. The zero-order chi connectivity index (χ0) is 20.0. The van der Waals surface area contributed by atoms with Crippen LogP contribution in [0.15, 0.2) is 42.5 Å². The van der Waals surface area contributed by atoms with Crippen LogP contribution in [-0.4, -0.2) is 30.8 Å². The Morgan fingerprint density at radius 2 is 1.70 bits per heavy atom. The van der Waals surface area contributed by atoms with Crippen molar-refractivity contribution in [2.75, 3.05) is 23.3 Å². The Kier molecular flexibility index (Phi) is 6.71. The molecule has 0 aromatic heterocycles. The van der Waals surface area contributed by atoms with Gasteiger partial charge in [0.1, 0.15) is 0 Å². The first-order chi connectivity index (χ1) is 12.8. The molecule has 2 N–H and O–H groups in total. The van der Waals surface area contributed by atoms with Crippen LogP contribution in [0.5, 0.6) is 0 Å². The number of anilines is 2. The van der Waals surface area contributed by atoms with Crippen molar-refractivity contribution < 1.29 is 14.4 Å². The third kappa shape index (κ3) is 5.67. The zero-order valence-corrected chi connectivity index (χ0v) is 16.1. The largest absolute Gasteiger partial charge is 0.350 e. The minimum atomic E-state index is -0.179. The number of carbonyl (C=O) groups is 3. The van der Waals surface area contributed by atoms with E-state index in [1.54, 1.807) is 35.2 Å². The Balaban J connectivity index is 2.02. The Labute approximate surface area is 159 Å². The van der Waals surface area contributed by atoms with Crippen LogP contribution < -0.4 is 15.5 Å². The van der Waals surface area contributed by atoms with Crippen molar-refractivity contribution in [2.24, 2.45) is 0 Å². The first kappa shape index (κ1) is 20.2. The molecule has 6 heteroatoms. The molecule has 0 atom stereocenters. The number of carbonyl (C=O) groups excluding carboxylic acids is 3. The van der Waals surface area contributed by atoms with Gasteiger partial charge in [-0.15, -0.1) is 0 Å². The Morgan fingerprint density at radius 1 is 0.963 bits per heavy atom. The van der Waals surface area contributed by atoms with E-state index in [9.17, 15) is 14.4 Å². The third-order valence-electron chi connectivity index (χ3n) is 4.25. The molecule has 2 aromatic rings. The Morgan fingerprint density at radius 3 is 2.33 bits per heavy atom. The highest BCUT2D eigenvalue weighted by Crippen LogP contribution is 2.19. The Hall–Kier alpha value is -3.15. The van der Waals surface area contributed by atoms with E-state index in [-0.39, 0.29) is 17.7 Å². The van der Waals surface area contributed by atoms with Crippen molar-refractivity contribution in [1.82, 2.24) is 5.32 Å². The van der Waals surface area contributed by atoms with Gasteiger partial charge in [0, 0.05) is 43.9 Å². The maximum absolute atomic E-state index is 12.3. The average Bonchev–Trinajstić information content (AvgIpc) is 2.60. The fourth-order valence-electron chi connectivity index (χ4n) is 2.69. The molecule has 0 fully saturated rings. The molecule has 6 nitrogen and oxygen atoms in total. The van der Waals surface area contributed by atoms with Crippen LogP contribution in [0.1, 0.15) is 35.3 Å². The van der Waals surface area contributed by atoms with E-state index >= 15 is 0 Å². The summed E-state index contributed by atoms with van der Waals surface area (Å²) >= 11 is 0. The van der Waals surface area contributed by atoms with E-state index in [1.165, 1.54) is 13.8 Å². The molecule has 0 spiro atoms. The molecule has 2 aromatic carbocycles. The van der Waals surface area contributed by atoms with Crippen molar-refractivity contribution in [1.29, 1.82) is 0 Å². The summed E-state index contributed by atoms with van der Waals surface area (Å²) in [7, 11) is 0. The van der Waals surface area contributed by atoms with E-state index in [1.807, 2.05) is 26.0 Å². The maximum Gasteiger partial charge on any atom is 0.251 e. The van der Waals surface area contributed by atoms with Crippen molar-refractivity contribution in [3.8, 4) is 0 Å². The molecule has 27 heavy (non-hydrogen) atoms. The quantitative estimate of drug-likeness (QED) is 0.824. The second-order valence-corrected chi connectivity index (χ2v) is 6.46. The standard InChI is InChI=1S/C21H25N3O3/c1-14-8-9-18(12-15(14)2)21(27)22-10-11-24(17(4)26)20-7-5-6-19(13-20)23-16(3)25/h5-9,12-13H,10-11H2,1-4H3,(H,22,27)(H,23,25). The van der Waals surface area contributed by atoms with Crippen LogP contribution in [0.4, 0.5) is 11.4 Å². The SMILES string of the molecule is CC(=O)Nc1cccc(N(CCNC(=O)c2ccc(C)c(C)c2)C(C)=O)c1. The number of nitrogens with one attached hydrogen (secondary N) is 2. The molecular formula is C21H25N3O3. The van der Waals surface area contributed by atoms with Crippen molar-refractivity contribution in [2.45, 2.75) is 27.7 Å². The molecule has 0 heterocycles. The lowest BCUT2D eigenvalue weighted by Gasteiger charge is -2.22. The number of hydrogen-bond donors (Lipinski definition) is 2. The van der Waals surface area contributed by atoms with Gasteiger partial charge in [0.2, 0.25) is 11.8 Å². The van der Waals surface area contributed by atoms with E-state index in [0.29, 0.717) is 30.0 Å². The van der Waals surface area contributed by atoms with Gasteiger partial charge >= 0.3 is 0 Å². The van der Waals surface area contributed by atoms with Gasteiger partial charge in [-0.2, -0.15) is 0 Å². The van der Waals surface area contributed by atoms with E-state index in [2.05, 4.69) is 10.6 Å². The van der Waals surface area contributed by atoms with E-state index in [4.69, 9.17) is 0 Å². The van der Waals surface area contributed by atoms with Gasteiger partial charge in [0.15, 0.2) is 0 Å². The summed E-state index contributed by atoms with van der Waals surface area (Å²) < 4.78 is 0. The summed E-state index contributed by atoms with van der Waals surface area (Å²) in [5.41, 5.74) is 4.07. The van der Waals surface area contributed by atoms with Crippen LogP contribution in [0, 0.1) is 13.8 Å². The lowest BCUT2D eigenvalue weighted by molar-refractivity contribution is -0.116. The normalized spacial score (nSPS) is 10.2. The third-order valence-corrected chi connectivity index (χ3v) is 4.25. The van der Waals surface area contributed by atoms with E-state index < -0.39 is 0 Å². The Bertz CT molecular complexity index is 862. The monoisotopic (exact) mass is 367 g/mol. The van der Waals surface area contributed by atoms with Crippen LogP contribution in [0.25, 0.3) is 0 Å². The number of nitrogens with zero attached hydrogens (tertiary/aromatic N) is 1. The number of aryl methyl sites for hydroxylation is 2. The molecule has 0 saturated heterocycles. The predicted octanol–water partition coefficient (Wildman–Crippen LogP) is 3.04. The fraction of sp³-hybridized carbons (Fsp3) is 0.286. The minimum absolute atomic E-state index is 0.143. The fourth-order valence-corrected chi connectivity index (χ4v) is 2.69. The molecule has 0 aliphatic heterocycles. The van der Waals surface area contributed by atoms with Gasteiger partial charge < -0.3 is 15.5 Å². The molecule has 0 aliphatic carbocycles. The first-order valence-electron chi connectivity index (χ1n) is 8.79. The second-order valence-electron chi connectivity index (χ2n) is 6.46. The van der Waals surface area contributed by atoms with Gasteiger partial charge in [-0.1, -0.05) is 12.1 Å². The lowest BCUT2D eigenvalue weighted by atomic mass is 10.1. The van der Waals surface area contributed by atoms with Gasteiger partial charge in [0.25, 0.3) is 5.91 Å². The number of hydrogen-bond acceptors (Lipinski definition) is 3. The molecule has 0 radical (unpaired) electrons. The van der Waals surface area contributed by atoms with Crippen molar-refractivity contribution in [3.63, 3.8) is 0 Å². The zero-order valence-electron chi connectivity index (χ0n) is 16.1. The smallest absolute Gasteiger partial charge is 0.251 e. The van der Waals surface area contributed by atoms with Gasteiger partial charge in [-0.05, 0) is 55.3 Å². The molecule has 2 rings (SSSR count). The molecule has 0 saturated carbocycles. The summed E-state index contributed by atoms with van der Waals surface area (Å²) in [6, 6.07) is 12.6. The highest BCUT2D eigenvalue weighted by Gasteiger charge is 2.13. The molecule has 0 bridgehead atoms. The summed E-state index contributed by atoms with van der Waals surface area (Å²) in [6.07, 6.45) is 0. The molecule has 3 amide bonds.